The molecule has 2 aliphatic rings. The molecule has 2 fully saturated rings. The van der Waals surface area contributed by atoms with Crippen molar-refractivity contribution in [1.82, 2.24) is 10.6 Å². The molecule has 28 heavy (non-hydrogen) atoms. The molecule has 0 spiro atoms. The Labute approximate surface area is 162 Å². The molecule has 0 radical (unpaired) electrons. The number of amides is 1. The molecule has 3 N–H and O–H groups in total. The lowest BCUT2D eigenvalue weighted by molar-refractivity contribution is -0.192. The molecule has 0 bridgehead atoms. The largest absolute Gasteiger partial charge is 0.490 e. The fourth-order valence-corrected chi connectivity index (χ4v) is 2.75. The van der Waals surface area contributed by atoms with Crippen LogP contribution in [0, 0.1) is 5.92 Å². The minimum Gasteiger partial charge on any atom is -0.475 e. The predicted octanol–water partition coefficient (Wildman–Crippen LogP) is 3.70. The van der Waals surface area contributed by atoms with Crippen molar-refractivity contribution in [3.63, 3.8) is 0 Å². The number of halogens is 3. The lowest BCUT2D eigenvalue weighted by atomic mass is 10.0. The maximum Gasteiger partial charge on any atom is 0.490 e. The van der Waals surface area contributed by atoms with Crippen LogP contribution in [0.5, 0.6) is 0 Å². The number of hydrogen-bond donors (Lipinski definition) is 3. The van der Waals surface area contributed by atoms with Crippen molar-refractivity contribution in [2.24, 2.45) is 5.92 Å². The second-order valence-electron chi connectivity index (χ2n) is 8.43. The molecule has 2 atom stereocenters. The maximum atomic E-state index is 12.2. The monoisotopic (exact) mass is 400 g/mol. The zero-order chi connectivity index (χ0) is 21.1. The molecule has 0 unspecified atom stereocenters. The normalized spacial score (nSPS) is 21.4. The minimum absolute atomic E-state index is 0.0208. The van der Waals surface area contributed by atoms with Crippen LogP contribution in [0.25, 0.3) is 0 Å². The first-order valence-corrected chi connectivity index (χ1v) is 9.33. The van der Waals surface area contributed by atoms with Crippen LogP contribution in [-0.2, 0) is 4.79 Å². The van der Waals surface area contributed by atoms with Crippen molar-refractivity contribution in [3.05, 3.63) is 35.4 Å². The molecule has 3 rings (SSSR count). The van der Waals surface area contributed by atoms with Crippen LogP contribution in [0.3, 0.4) is 0 Å². The lowest BCUT2D eigenvalue weighted by Crippen LogP contribution is -2.40. The number of alkyl halides is 3. The van der Waals surface area contributed by atoms with Crippen molar-refractivity contribution in [3.8, 4) is 0 Å². The van der Waals surface area contributed by atoms with Gasteiger partial charge >= 0.3 is 12.1 Å². The van der Waals surface area contributed by atoms with Gasteiger partial charge in [-0.15, -0.1) is 0 Å². The van der Waals surface area contributed by atoms with Crippen LogP contribution in [0.2, 0.25) is 0 Å². The number of carboxylic acid groups (broad SMARTS) is 1. The molecule has 1 amide bonds. The van der Waals surface area contributed by atoms with Crippen molar-refractivity contribution >= 4 is 11.9 Å². The van der Waals surface area contributed by atoms with Crippen LogP contribution < -0.4 is 10.6 Å². The van der Waals surface area contributed by atoms with Gasteiger partial charge in [0.05, 0.1) is 0 Å². The van der Waals surface area contributed by atoms with Gasteiger partial charge in [-0.1, -0.05) is 12.1 Å². The summed E-state index contributed by atoms with van der Waals surface area (Å²) >= 11 is 0. The maximum absolute atomic E-state index is 12.2. The second-order valence-corrected chi connectivity index (χ2v) is 8.43. The summed E-state index contributed by atoms with van der Waals surface area (Å²) in [4.78, 5) is 21.1. The number of aliphatic carboxylic acids is 1. The van der Waals surface area contributed by atoms with Crippen LogP contribution >= 0.6 is 0 Å². The smallest absolute Gasteiger partial charge is 0.475 e. The van der Waals surface area contributed by atoms with E-state index in [0.717, 1.165) is 11.5 Å². The predicted molar refractivity (Wildman–Crippen MR) is 99.2 cm³/mol. The summed E-state index contributed by atoms with van der Waals surface area (Å²) in [7, 11) is 0. The third-order valence-electron chi connectivity index (χ3n) is 4.46. The van der Waals surface area contributed by atoms with Gasteiger partial charge in [-0.3, -0.25) is 4.79 Å². The van der Waals surface area contributed by atoms with Gasteiger partial charge in [-0.25, -0.2) is 4.79 Å². The zero-order valence-electron chi connectivity index (χ0n) is 16.3. The van der Waals surface area contributed by atoms with E-state index in [9.17, 15) is 18.0 Å². The van der Waals surface area contributed by atoms with Crippen molar-refractivity contribution in [2.75, 3.05) is 6.54 Å². The van der Waals surface area contributed by atoms with Gasteiger partial charge in [0.2, 0.25) is 0 Å². The number of nitrogens with one attached hydrogen (secondary N) is 2. The standard InChI is InChI=1S/C18H26N2O.C2HF3O2/c1-18(2,3)20-17(21)14-6-4-5-13(9-14)15-10-16(15)19-11-12-7-8-12;3-2(4,5)1(6)7/h4-6,9,12,15-16,19H,7-8,10-11H2,1-3H3,(H,20,21);(H,6,7)/t15-,16+;/m0./s1. The third-order valence-corrected chi connectivity index (χ3v) is 4.46. The van der Waals surface area contributed by atoms with E-state index < -0.39 is 12.1 Å². The fourth-order valence-electron chi connectivity index (χ4n) is 2.75. The number of benzene rings is 1. The van der Waals surface area contributed by atoms with Crippen LogP contribution in [0.15, 0.2) is 24.3 Å². The number of carbonyl (C=O) groups excluding carboxylic acids is 1. The third kappa shape index (κ3) is 7.50. The van der Waals surface area contributed by atoms with E-state index in [-0.39, 0.29) is 11.4 Å². The highest BCUT2D eigenvalue weighted by Crippen LogP contribution is 2.41. The zero-order valence-corrected chi connectivity index (χ0v) is 16.3. The highest BCUT2D eigenvalue weighted by Gasteiger charge is 2.39. The average molecular weight is 400 g/mol. The molecule has 0 aromatic heterocycles. The Balaban J connectivity index is 0.000000345. The average Bonchev–Trinajstić information content (AvgIpc) is 3.45. The van der Waals surface area contributed by atoms with Crippen molar-refractivity contribution in [1.29, 1.82) is 0 Å². The van der Waals surface area contributed by atoms with E-state index >= 15 is 0 Å². The van der Waals surface area contributed by atoms with E-state index in [1.54, 1.807) is 0 Å². The Bertz CT molecular complexity index is 709. The molecule has 1 aromatic carbocycles. The molecule has 0 heterocycles. The Kier molecular flexibility index (Phi) is 6.75. The Morgan fingerprint density at radius 1 is 1.18 bits per heavy atom. The number of carbonyl (C=O) groups is 2. The van der Waals surface area contributed by atoms with Gasteiger partial charge in [-0.05, 0) is 70.2 Å². The summed E-state index contributed by atoms with van der Waals surface area (Å²) in [6.07, 6.45) is -1.09. The van der Waals surface area contributed by atoms with Gasteiger partial charge in [0, 0.05) is 23.1 Å². The van der Waals surface area contributed by atoms with E-state index in [4.69, 9.17) is 9.90 Å². The minimum atomic E-state index is -5.08. The van der Waals surface area contributed by atoms with Crippen LogP contribution in [0.1, 0.15) is 61.9 Å². The molecule has 5 nitrogen and oxygen atoms in total. The summed E-state index contributed by atoms with van der Waals surface area (Å²) in [6, 6.07) is 8.73. The van der Waals surface area contributed by atoms with Crippen LogP contribution in [-0.4, -0.2) is 41.3 Å². The van der Waals surface area contributed by atoms with Crippen LogP contribution in [0.4, 0.5) is 13.2 Å². The molecule has 156 valence electrons. The fraction of sp³-hybridized carbons (Fsp3) is 0.600. The van der Waals surface area contributed by atoms with Gasteiger partial charge in [0.1, 0.15) is 0 Å². The molecule has 0 saturated heterocycles. The van der Waals surface area contributed by atoms with E-state index in [1.165, 1.54) is 31.4 Å². The topological polar surface area (TPSA) is 78.4 Å². The van der Waals surface area contributed by atoms with E-state index in [0.29, 0.717) is 12.0 Å². The quantitative estimate of drug-likeness (QED) is 0.704. The summed E-state index contributed by atoms with van der Waals surface area (Å²) in [5, 5.41) is 13.8. The molecule has 0 aliphatic heterocycles. The molecule has 1 aromatic rings. The van der Waals surface area contributed by atoms with E-state index in [2.05, 4.69) is 22.8 Å². The molecular formula is C20H27F3N2O3. The highest BCUT2D eigenvalue weighted by atomic mass is 19.4. The molecule has 2 saturated carbocycles. The van der Waals surface area contributed by atoms with Gasteiger partial charge < -0.3 is 15.7 Å². The molecular weight excluding hydrogens is 373 g/mol. The van der Waals surface area contributed by atoms with Gasteiger partial charge in [0.15, 0.2) is 0 Å². The first-order chi connectivity index (χ1) is 12.9. The molecule has 2 aliphatic carbocycles. The Morgan fingerprint density at radius 2 is 1.79 bits per heavy atom. The lowest BCUT2D eigenvalue weighted by Gasteiger charge is -2.20. The number of hydrogen-bond acceptors (Lipinski definition) is 3. The SMILES string of the molecule is CC(C)(C)NC(=O)c1cccc([C@@H]2C[C@H]2NCC2CC2)c1.O=C(O)C(F)(F)F. The number of rotatable bonds is 5. The summed E-state index contributed by atoms with van der Waals surface area (Å²) in [6.45, 7) is 7.19. The summed E-state index contributed by atoms with van der Waals surface area (Å²) in [5.74, 6) is -1.22. The van der Waals surface area contributed by atoms with Crippen molar-refractivity contribution in [2.45, 2.75) is 63.7 Å². The first-order valence-electron chi connectivity index (χ1n) is 9.33. The van der Waals surface area contributed by atoms with Crippen molar-refractivity contribution < 1.29 is 27.9 Å². The van der Waals surface area contributed by atoms with Gasteiger partial charge in [0.25, 0.3) is 5.91 Å². The highest BCUT2D eigenvalue weighted by molar-refractivity contribution is 5.94. The van der Waals surface area contributed by atoms with Gasteiger partial charge in [-0.2, -0.15) is 13.2 Å². The second kappa shape index (κ2) is 8.51. The first kappa shape index (κ1) is 22.2. The summed E-state index contributed by atoms with van der Waals surface area (Å²) in [5.41, 5.74) is 1.88. The summed E-state index contributed by atoms with van der Waals surface area (Å²) < 4.78 is 31.7. The number of carboxylic acids is 1. The van der Waals surface area contributed by atoms with E-state index in [1.807, 2.05) is 32.9 Å². The Hall–Kier alpha value is -2.09. The Morgan fingerprint density at radius 3 is 2.29 bits per heavy atom. The molecule has 8 heteroatoms.